The Morgan fingerprint density at radius 1 is 0.685 bits per heavy atom. The molecular weight excluding hydrogens is 745 g/mol. The van der Waals surface area contributed by atoms with E-state index in [2.05, 4.69) is 10.6 Å². The van der Waals surface area contributed by atoms with E-state index in [4.69, 9.17) is 31.2 Å². The van der Waals surface area contributed by atoms with Gasteiger partial charge in [-0.1, -0.05) is 57.0 Å². The van der Waals surface area contributed by atoms with E-state index in [1.807, 2.05) is 13.8 Å². The van der Waals surface area contributed by atoms with E-state index in [1.165, 1.54) is 0 Å². The Bertz CT molecular complexity index is 1500. The molecule has 0 fully saturated rings. The van der Waals surface area contributed by atoms with E-state index in [0.29, 0.717) is 5.75 Å². The Kier molecular flexibility index (Phi) is 20.0. The highest BCUT2D eigenvalue weighted by Gasteiger charge is 2.27. The van der Waals surface area contributed by atoms with Crippen molar-refractivity contribution in [1.82, 2.24) is 10.6 Å². The fourth-order valence-electron chi connectivity index (χ4n) is 4.48. The number of ether oxygens (including phenoxy) is 2. The van der Waals surface area contributed by atoms with E-state index >= 15 is 0 Å². The van der Waals surface area contributed by atoms with Crippen molar-refractivity contribution in [1.29, 1.82) is 0 Å². The predicted octanol–water partition coefficient (Wildman–Crippen LogP) is 2.11. The number of amides is 2. The number of aryl methyl sites for hydroxylation is 2. The molecule has 54 heavy (non-hydrogen) atoms. The topological polar surface area (TPSA) is 272 Å². The lowest BCUT2D eigenvalue weighted by Crippen LogP contribution is -2.43. The number of aliphatic carboxylic acids is 2. The second-order valence-corrected chi connectivity index (χ2v) is 14.9. The largest absolute Gasteiger partial charge is 0.481 e. The fourth-order valence-corrected chi connectivity index (χ4v) is 6.99. The lowest BCUT2D eigenvalue weighted by atomic mass is 9.99. The van der Waals surface area contributed by atoms with Crippen LogP contribution in [0, 0.1) is 19.8 Å². The van der Waals surface area contributed by atoms with Gasteiger partial charge in [-0.15, -0.1) is 0 Å². The summed E-state index contributed by atoms with van der Waals surface area (Å²) >= 11 is 0. The fraction of sp³-hybridized carbons (Fsp3) is 0.444. The number of hydrogen-bond donors (Lipinski definition) is 6. The molecule has 0 heterocycles. The summed E-state index contributed by atoms with van der Waals surface area (Å²) in [4.78, 5) is 98.2. The summed E-state index contributed by atoms with van der Waals surface area (Å²) in [5, 5.41) is 22.8. The Hall–Kier alpha value is -4.78. The smallest absolute Gasteiger partial charge is 0.328 e. The lowest BCUT2D eigenvalue weighted by molar-refractivity contribution is -0.139. The van der Waals surface area contributed by atoms with E-state index < -0.39 is 84.3 Å². The Labute approximate surface area is 320 Å². The van der Waals surface area contributed by atoms with Gasteiger partial charge in [0.1, 0.15) is 35.9 Å². The van der Waals surface area contributed by atoms with Crippen LogP contribution in [0.3, 0.4) is 0 Å². The Balaban J connectivity index is 1.94. The molecule has 294 valence electrons. The van der Waals surface area contributed by atoms with Crippen LogP contribution in [0.5, 0.6) is 11.5 Å². The van der Waals surface area contributed by atoms with Crippen LogP contribution in [0.25, 0.3) is 0 Å². The highest BCUT2D eigenvalue weighted by Crippen LogP contribution is 2.27. The minimum atomic E-state index is -1.30. The lowest BCUT2D eigenvalue weighted by Gasteiger charge is -2.19. The minimum absolute atomic E-state index is 0.00862. The standard InChI is InChI=1S/C36H46N4O12S2/c1-21-3-8-25(9-4-21)51-35(49)27(37)12-7-24(41)17-23(34(48)39-18-33(46)47)19-53-54-20-29(30(42)14-16-32(44)45)40-31(43)15-13-28(38)36(50)52-26-10-5-22(2)6-11-26/h3-6,8-11,23,27-29H,7,12-20,37-38H2,1-2H3,(H,39,48)(H,40,43)(H,44,45)(H,46,47). The van der Waals surface area contributed by atoms with Crippen LogP contribution in [-0.2, 0) is 38.4 Å². The zero-order valence-corrected chi connectivity index (χ0v) is 31.6. The zero-order chi connectivity index (χ0) is 40.2. The molecule has 2 rings (SSSR count). The summed E-state index contributed by atoms with van der Waals surface area (Å²) in [5.74, 6) is -6.78. The maximum absolute atomic E-state index is 12.9. The molecule has 0 aromatic heterocycles. The van der Waals surface area contributed by atoms with Gasteiger partial charge in [0.2, 0.25) is 11.8 Å². The molecule has 0 aliphatic carbocycles. The molecule has 2 amide bonds. The number of carbonyl (C=O) groups is 8. The van der Waals surface area contributed by atoms with E-state index in [0.717, 1.165) is 32.7 Å². The molecule has 4 atom stereocenters. The zero-order valence-electron chi connectivity index (χ0n) is 29.9. The van der Waals surface area contributed by atoms with Crippen LogP contribution in [0.1, 0.15) is 56.1 Å². The van der Waals surface area contributed by atoms with Crippen LogP contribution in [0.4, 0.5) is 0 Å². The van der Waals surface area contributed by atoms with Gasteiger partial charge in [0.25, 0.3) is 0 Å². The third kappa shape index (κ3) is 18.3. The molecule has 0 radical (unpaired) electrons. The van der Waals surface area contributed by atoms with Gasteiger partial charge < -0.3 is 41.8 Å². The second-order valence-electron chi connectivity index (χ2n) is 12.4. The van der Waals surface area contributed by atoms with Crippen LogP contribution in [0.2, 0.25) is 0 Å². The first-order valence-electron chi connectivity index (χ1n) is 16.9. The molecule has 0 saturated heterocycles. The molecule has 0 aliphatic heterocycles. The first-order chi connectivity index (χ1) is 25.5. The van der Waals surface area contributed by atoms with Crippen molar-refractivity contribution in [2.45, 2.75) is 76.9 Å². The van der Waals surface area contributed by atoms with Gasteiger partial charge in [0.05, 0.1) is 18.4 Å². The van der Waals surface area contributed by atoms with Crippen molar-refractivity contribution in [3.8, 4) is 11.5 Å². The number of esters is 2. The van der Waals surface area contributed by atoms with Gasteiger partial charge in [-0.05, 0) is 51.0 Å². The average Bonchev–Trinajstić information content (AvgIpc) is 3.13. The summed E-state index contributed by atoms with van der Waals surface area (Å²) in [6.45, 7) is 3.05. The average molecular weight is 791 g/mol. The molecule has 2 aromatic carbocycles. The van der Waals surface area contributed by atoms with Gasteiger partial charge in [0.15, 0.2) is 5.78 Å². The number of rotatable bonds is 25. The van der Waals surface area contributed by atoms with Crippen molar-refractivity contribution in [2.75, 3.05) is 18.1 Å². The number of Topliss-reactive ketones (excluding diaryl/α,β-unsaturated/α-hetero) is 2. The molecule has 0 spiro atoms. The van der Waals surface area contributed by atoms with Crippen LogP contribution in [0.15, 0.2) is 48.5 Å². The molecule has 8 N–H and O–H groups in total. The third-order valence-corrected chi connectivity index (χ3v) is 10.1. The van der Waals surface area contributed by atoms with Crippen molar-refractivity contribution in [3.05, 3.63) is 59.7 Å². The highest BCUT2D eigenvalue weighted by molar-refractivity contribution is 8.76. The molecule has 0 bridgehead atoms. The first kappa shape index (κ1) is 45.4. The quantitative estimate of drug-likeness (QED) is 0.0364. The van der Waals surface area contributed by atoms with Crippen molar-refractivity contribution in [3.63, 3.8) is 0 Å². The molecule has 0 saturated carbocycles. The molecule has 2 aromatic rings. The van der Waals surface area contributed by atoms with Gasteiger partial charge in [0, 0.05) is 37.2 Å². The van der Waals surface area contributed by atoms with E-state index in [1.54, 1.807) is 48.5 Å². The highest BCUT2D eigenvalue weighted by atomic mass is 33.1. The molecular formula is C36H46N4O12S2. The van der Waals surface area contributed by atoms with Gasteiger partial charge in [-0.3, -0.25) is 28.8 Å². The van der Waals surface area contributed by atoms with Crippen LogP contribution in [-0.4, -0.2) is 93.6 Å². The summed E-state index contributed by atoms with van der Waals surface area (Å²) in [7, 11) is 2.14. The summed E-state index contributed by atoms with van der Waals surface area (Å²) in [6, 6.07) is 10.0. The van der Waals surface area contributed by atoms with Crippen molar-refractivity contribution >= 4 is 68.8 Å². The summed E-state index contributed by atoms with van der Waals surface area (Å²) in [6.07, 6.45) is -1.72. The maximum Gasteiger partial charge on any atom is 0.328 e. The Morgan fingerprint density at radius 2 is 1.19 bits per heavy atom. The maximum atomic E-state index is 12.9. The van der Waals surface area contributed by atoms with E-state index in [-0.39, 0.29) is 55.8 Å². The number of carboxylic acids is 2. The minimum Gasteiger partial charge on any atom is -0.481 e. The number of carbonyl (C=O) groups excluding carboxylic acids is 6. The molecule has 16 nitrogen and oxygen atoms in total. The summed E-state index contributed by atoms with van der Waals surface area (Å²) < 4.78 is 10.5. The number of nitrogens with one attached hydrogen (secondary N) is 2. The third-order valence-electron chi connectivity index (χ3n) is 7.66. The monoisotopic (exact) mass is 790 g/mol. The Morgan fingerprint density at radius 3 is 1.69 bits per heavy atom. The normalized spacial score (nSPS) is 13.0. The number of carboxylic acid groups (broad SMARTS) is 2. The van der Waals surface area contributed by atoms with Gasteiger partial charge in [-0.25, -0.2) is 9.59 Å². The second kappa shape index (κ2) is 23.8. The summed E-state index contributed by atoms with van der Waals surface area (Å²) in [5.41, 5.74) is 13.8. The number of ketones is 2. The molecule has 4 unspecified atom stereocenters. The molecule has 18 heteroatoms. The van der Waals surface area contributed by atoms with Gasteiger partial charge in [-0.2, -0.15) is 0 Å². The predicted molar refractivity (Wildman–Crippen MR) is 201 cm³/mol. The SMILES string of the molecule is Cc1ccc(OC(=O)C(N)CCC(=O)CC(CSSCC(NC(=O)CCC(N)C(=O)Oc2ccc(C)cc2)C(=O)CCC(=O)O)C(=O)NCC(=O)O)cc1. The van der Waals surface area contributed by atoms with Gasteiger partial charge >= 0.3 is 23.9 Å². The van der Waals surface area contributed by atoms with Crippen molar-refractivity contribution in [2.24, 2.45) is 17.4 Å². The van der Waals surface area contributed by atoms with Crippen LogP contribution < -0.4 is 31.6 Å². The van der Waals surface area contributed by atoms with Crippen LogP contribution >= 0.6 is 21.6 Å². The number of nitrogens with two attached hydrogens (primary N) is 2. The van der Waals surface area contributed by atoms with Crippen molar-refractivity contribution < 1.29 is 58.0 Å². The molecule has 0 aliphatic rings. The number of benzene rings is 2. The first-order valence-corrected chi connectivity index (χ1v) is 19.4. The van der Waals surface area contributed by atoms with E-state index in [9.17, 15) is 38.4 Å². The number of hydrogen-bond acceptors (Lipinski definition) is 14.